The van der Waals surface area contributed by atoms with Gasteiger partial charge in [0.2, 0.25) is 0 Å². The van der Waals surface area contributed by atoms with Crippen LogP contribution >= 0.6 is 0 Å². The fourth-order valence-electron chi connectivity index (χ4n) is 2.42. The second-order valence-electron chi connectivity index (χ2n) is 6.49. The van der Waals surface area contributed by atoms with Gasteiger partial charge in [0.1, 0.15) is 11.9 Å². The number of amides is 1. The highest BCUT2D eigenvalue weighted by Crippen LogP contribution is 2.39. The molecule has 1 atom stereocenters. The zero-order valence-electron chi connectivity index (χ0n) is 12.9. The van der Waals surface area contributed by atoms with Crippen LogP contribution in [0.2, 0.25) is 0 Å². The first-order chi connectivity index (χ1) is 9.92. The molecule has 0 aromatic heterocycles. The summed E-state index contributed by atoms with van der Waals surface area (Å²) in [7, 11) is 0. The van der Waals surface area contributed by atoms with Crippen molar-refractivity contribution in [2.75, 3.05) is 4.90 Å². The van der Waals surface area contributed by atoms with Crippen LogP contribution in [0, 0.1) is 5.92 Å². The summed E-state index contributed by atoms with van der Waals surface area (Å²) in [6, 6.07) is 9.33. The quantitative estimate of drug-likeness (QED) is 0.775. The summed E-state index contributed by atoms with van der Waals surface area (Å²) in [5, 5.41) is 0. The van der Waals surface area contributed by atoms with E-state index in [-0.39, 0.29) is 12.1 Å². The fraction of sp³-hybridized carbons (Fsp3) is 0.529. The summed E-state index contributed by atoms with van der Waals surface area (Å²) in [6.07, 6.45) is 2.98. The molecular formula is C17H23NO3. The highest BCUT2D eigenvalue weighted by atomic mass is 16.6. The third-order valence-electron chi connectivity index (χ3n) is 3.46. The van der Waals surface area contributed by atoms with Crippen molar-refractivity contribution in [3.05, 3.63) is 30.3 Å². The Morgan fingerprint density at radius 3 is 2.43 bits per heavy atom. The summed E-state index contributed by atoms with van der Waals surface area (Å²) >= 11 is 0. The molecule has 0 bridgehead atoms. The smallest absolute Gasteiger partial charge is 0.415 e. The molecule has 1 aromatic carbocycles. The molecule has 0 heterocycles. The molecule has 21 heavy (non-hydrogen) atoms. The topological polar surface area (TPSA) is 46.6 Å². The molecule has 114 valence electrons. The van der Waals surface area contributed by atoms with E-state index in [9.17, 15) is 9.59 Å². The number of rotatable bonds is 5. The fourth-order valence-corrected chi connectivity index (χ4v) is 2.42. The number of aldehydes is 1. The second-order valence-corrected chi connectivity index (χ2v) is 6.49. The Bertz CT molecular complexity index is 489. The molecule has 1 aliphatic rings. The predicted octanol–water partition coefficient (Wildman–Crippen LogP) is 3.80. The molecule has 2 rings (SSSR count). The lowest BCUT2D eigenvalue weighted by molar-refractivity contribution is -0.108. The van der Waals surface area contributed by atoms with Crippen molar-refractivity contribution in [3.8, 4) is 0 Å². The number of ether oxygens (including phenoxy) is 1. The van der Waals surface area contributed by atoms with Crippen LogP contribution in [-0.2, 0) is 9.53 Å². The van der Waals surface area contributed by atoms with Crippen molar-refractivity contribution < 1.29 is 14.3 Å². The lowest BCUT2D eigenvalue weighted by atomic mass is 10.1. The average Bonchev–Trinajstić information content (AvgIpc) is 3.21. The van der Waals surface area contributed by atoms with Crippen molar-refractivity contribution in [1.82, 2.24) is 0 Å². The third-order valence-corrected chi connectivity index (χ3v) is 3.46. The molecule has 1 amide bonds. The SMILES string of the molecule is CC(C)(C)OC(=O)N(c1ccccc1)C(CC=O)C1CC1. The Morgan fingerprint density at radius 1 is 1.33 bits per heavy atom. The molecule has 1 aromatic rings. The van der Waals surface area contributed by atoms with E-state index in [0.717, 1.165) is 24.8 Å². The lowest BCUT2D eigenvalue weighted by Crippen LogP contribution is -2.45. The molecule has 0 aliphatic heterocycles. The van der Waals surface area contributed by atoms with Crippen LogP contribution in [0.5, 0.6) is 0 Å². The van der Waals surface area contributed by atoms with Crippen LogP contribution in [0.15, 0.2) is 30.3 Å². The van der Waals surface area contributed by atoms with E-state index in [2.05, 4.69) is 0 Å². The van der Waals surface area contributed by atoms with Crippen molar-refractivity contribution in [3.63, 3.8) is 0 Å². The Hall–Kier alpha value is -1.84. The number of benzene rings is 1. The zero-order chi connectivity index (χ0) is 15.5. The van der Waals surface area contributed by atoms with Gasteiger partial charge in [0, 0.05) is 18.2 Å². The van der Waals surface area contributed by atoms with Crippen LogP contribution in [0.3, 0.4) is 0 Å². The number of hydrogen-bond acceptors (Lipinski definition) is 3. The van der Waals surface area contributed by atoms with Crippen LogP contribution in [0.1, 0.15) is 40.0 Å². The summed E-state index contributed by atoms with van der Waals surface area (Å²) in [6.45, 7) is 5.54. The minimum Gasteiger partial charge on any atom is -0.443 e. The van der Waals surface area contributed by atoms with Gasteiger partial charge in [-0.1, -0.05) is 18.2 Å². The number of carbonyl (C=O) groups excluding carboxylic acids is 2. The van der Waals surface area contributed by atoms with E-state index >= 15 is 0 Å². The van der Waals surface area contributed by atoms with Crippen LogP contribution < -0.4 is 4.90 Å². The van der Waals surface area contributed by atoms with E-state index < -0.39 is 5.60 Å². The van der Waals surface area contributed by atoms with Crippen molar-refractivity contribution in [2.45, 2.75) is 51.7 Å². The second kappa shape index (κ2) is 6.29. The molecule has 4 nitrogen and oxygen atoms in total. The Morgan fingerprint density at radius 2 is 1.95 bits per heavy atom. The first-order valence-electron chi connectivity index (χ1n) is 7.43. The van der Waals surface area contributed by atoms with Crippen molar-refractivity contribution in [2.24, 2.45) is 5.92 Å². The molecule has 1 fully saturated rings. The van der Waals surface area contributed by atoms with Gasteiger partial charge in [0.05, 0.1) is 0 Å². The molecular weight excluding hydrogens is 266 g/mol. The summed E-state index contributed by atoms with van der Waals surface area (Å²) < 4.78 is 5.53. The van der Waals surface area contributed by atoms with Gasteiger partial charge in [0.15, 0.2) is 0 Å². The highest BCUT2D eigenvalue weighted by Gasteiger charge is 2.39. The van der Waals surface area contributed by atoms with Crippen molar-refractivity contribution in [1.29, 1.82) is 0 Å². The first kappa shape index (κ1) is 15.5. The number of para-hydroxylation sites is 1. The maximum Gasteiger partial charge on any atom is 0.415 e. The number of hydrogen-bond donors (Lipinski definition) is 0. The molecule has 0 N–H and O–H groups in total. The van der Waals surface area contributed by atoms with Gasteiger partial charge < -0.3 is 9.53 Å². The first-order valence-corrected chi connectivity index (χ1v) is 7.43. The van der Waals surface area contributed by atoms with Gasteiger partial charge in [0.25, 0.3) is 0 Å². The number of anilines is 1. The number of carbonyl (C=O) groups is 2. The van der Waals surface area contributed by atoms with Gasteiger partial charge in [-0.2, -0.15) is 0 Å². The van der Waals surface area contributed by atoms with E-state index in [1.165, 1.54) is 0 Å². The average molecular weight is 289 g/mol. The molecule has 4 heteroatoms. The van der Waals surface area contributed by atoms with E-state index in [1.54, 1.807) is 4.90 Å². The van der Waals surface area contributed by atoms with Crippen molar-refractivity contribution >= 4 is 18.1 Å². The molecule has 1 saturated carbocycles. The summed E-state index contributed by atoms with van der Waals surface area (Å²) in [4.78, 5) is 25.3. The van der Waals surface area contributed by atoms with Gasteiger partial charge >= 0.3 is 6.09 Å². The lowest BCUT2D eigenvalue weighted by Gasteiger charge is -2.33. The van der Waals surface area contributed by atoms with E-state index in [0.29, 0.717) is 12.3 Å². The predicted molar refractivity (Wildman–Crippen MR) is 82.3 cm³/mol. The monoisotopic (exact) mass is 289 g/mol. The Balaban J connectivity index is 2.29. The van der Waals surface area contributed by atoms with E-state index in [1.807, 2.05) is 51.1 Å². The van der Waals surface area contributed by atoms with Crippen LogP contribution in [0.25, 0.3) is 0 Å². The van der Waals surface area contributed by atoms with Gasteiger partial charge in [-0.15, -0.1) is 0 Å². The summed E-state index contributed by atoms with van der Waals surface area (Å²) in [5.74, 6) is 0.392. The normalized spacial score (nSPS) is 16.1. The number of nitrogens with zero attached hydrogens (tertiary/aromatic N) is 1. The van der Waals surface area contributed by atoms with Gasteiger partial charge in [-0.25, -0.2) is 4.79 Å². The van der Waals surface area contributed by atoms with Gasteiger partial charge in [-0.05, 0) is 51.7 Å². The molecule has 1 aliphatic carbocycles. The largest absolute Gasteiger partial charge is 0.443 e. The molecule has 1 unspecified atom stereocenters. The molecule has 0 saturated heterocycles. The minimum absolute atomic E-state index is 0.111. The van der Waals surface area contributed by atoms with E-state index in [4.69, 9.17) is 4.74 Å². The van der Waals surface area contributed by atoms with Crippen LogP contribution in [0.4, 0.5) is 10.5 Å². The zero-order valence-corrected chi connectivity index (χ0v) is 12.9. The maximum absolute atomic E-state index is 12.6. The minimum atomic E-state index is -0.556. The van der Waals surface area contributed by atoms with Crippen LogP contribution in [-0.4, -0.2) is 24.0 Å². The maximum atomic E-state index is 12.6. The molecule has 0 radical (unpaired) electrons. The Labute approximate surface area is 126 Å². The third kappa shape index (κ3) is 4.31. The standard InChI is InChI=1S/C17H23NO3/c1-17(2,3)21-16(20)18(14-7-5-4-6-8-14)15(11-12-19)13-9-10-13/h4-8,12-13,15H,9-11H2,1-3H3. The Kier molecular flexibility index (Phi) is 4.66. The highest BCUT2D eigenvalue weighted by molar-refractivity contribution is 5.89. The summed E-state index contributed by atoms with van der Waals surface area (Å²) in [5.41, 5.74) is 0.227. The van der Waals surface area contributed by atoms with Gasteiger partial charge in [-0.3, -0.25) is 4.90 Å². The molecule has 0 spiro atoms.